The standard InChI is InChI=1S/C14H15Cl2NO/c1-8-4-14(10(3)18-8)9(2)17-13-6-11(15)5-12(16)7-13/h4-7,9,17H,1-3H3. The molecule has 96 valence electrons. The Bertz CT molecular complexity index is 543. The quantitative estimate of drug-likeness (QED) is 0.818. The van der Waals surface area contributed by atoms with Crippen LogP contribution >= 0.6 is 23.2 Å². The van der Waals surface area contributed by atoms with Gasteiger partial charge >= 0.3 is 0 Å². The Morgan fingerprint density at radius 3 is 2.17 bits per heavy atom. The van der Waals surface area contributed by atoms with Crippen LogP contribution in [0.3, 0.4) is 0 Å². The maximum atomic E-state index is 5.97. The van der Waals surface area contributed by atoms with Gasteiger partial charge in [-0.05, 0) is 45.0 Å². The molecule has 18 heavy (non-hydrogen) atoms. The van der Waals surface area contributed by atoms with Gasteiger partial charge in [0.05, 0.1) is 6.04 Å². The first-order valence-corrected chi connectivity index (χ1v) is 6.51. The largest absolute Gasteiger partial charge is 0.466 e. The summed E-state index contributed by atoms with van der Waals surface area (Å²) in [6, 6.07) is 7.60. The van der Waals surface area contributed by atoms with Crippen molar-refractivity contribution in [2.75, 3.05) is 5.32 Å². The fraction of sp³-hybridized carbons (Fsp3) is 0.286. The van der Waals surface area contributed by atoms with Gasteiger partial charge in [-0.15, -0.1) is 0 Å². The van der Waals surface area contributed by atoms with Gasteiger partial charge in [0.15, 0.2) is 0 Å². The van der Waals surface area contributed by atoms with E-state index in [2.05, 4.69) is 12.2 Å². The molecule has 1 N–H and O–H groups in total. The van der Waals surface area contributed by atoms with E-state index in [4.69, 9.17) is 27.6 Å². The summed E-state index contributed by atoms with van der Waals surface area (Å²) in [4.78, 5) is 0. The Balaban J connectivity index is 2.20. The van der Waals surface area contributed by atoms with Crippen LogP contribution in [0.2, 0.25) is 10.0 Å². The van der Waals surface area contributed by atoms with Gasteiger partial charge in [0.1, 0.15) is 11.5 Å². The lowest BCUT2D eigenvalue weighted by molar-refractivity contribution is 0.500. The summed E-state index contributed by atoms with van der Waals surface area (Å²) in [6.45, 7) is 5.98. The van der Waals surface area contributed by atoms with E-state index in [1.807, 2.05) is 32.0 Å². The predicted octanol–water partition coefficient (Wildman–Crippen LogP) is 5.38. The molecule has 4 heteroatoms. The van der Waals surface area contributed by atoms with Crippen molar-refractivity contribution in [3.8, 4) is 0 Å². The van der Waals surface area contributed by atoms with Crippen LogP contribution in [-0.2, 0) is 0 Å². The highest BCUT2D eigenvalue weighted by Crippen LogP contribution is 2.28. The topological polar surface area (TPSA) is 25.2 Å². The van der Waals surface area contributed by atoms with E-state index in [9.17, 15) is 0 Å². The molecule has 0 aliphatic heterocycles. The first kappa shape index (κ1) is 13.3. The minimum atomic E-state index is 0.136. The summed E-state index contributed by atoms with van der Waals surface area (Å²) < 4.78 is 5.53. The molecule has 1 aromatic carbocycles. The zero-order valence-corrected chi connectivity index (χ0v) is 12.1. The molecular weight excluding hydrogens is 269 g/mol. The second-order valence-corrected chi connectivity index (χ2v) is 5.27. The molecule has 1 heterocycles. The van der Waals surface area contributed by atoms with Crippen LogP contribution in [0.15, 0.2) is 28.7 Å². The molecule has 1 unspecified atom stereocenters. The Morgan fingerprint density at radius 2 is 1.67 bits per heavy atom. The number of aryl methyl sites for hydroxylation is 2. The summed E-state index contributed by atoms with van der Waals surface area (Å²) in [5.74, 6) is 1.85. The molecule has 0 radical (unpaired) electrons. The van der Waals surface area contributed by atoms with E-state index in [0.29, 0.717) is 10.0 Å². The van der Waals surface area contributed by atoms with Crippen LogP contribution in [0.5, 0.6) is 0 Å². The molecule has 0 saturated heterocycles. The van der Waals surface area contributed by atoms with Crippen molar-refractivity contribution < 1.29 is 4.42 Å². The summed E-state index contributed by atoms with van der Waals surface area (Å²) in [6.07, 6.45) is 0. The van der Waals surface area contributed by atoms with Crippen LogP contribution in [0.4, 0.5) is 5.69 Å². The smallest absolute Gasteiger partial charge is 0.106 e. The molecule has 0 amide bonds. The highest BCUT2D eigenvalue weighted by atomic mass is 35.5. The van der Waals surface area contributed by atoms with Gasteiger partial charge in [0.2, 0.25) is 0 Å². The minimum absolute atomic E-state index is 0.136. The van der Waals surface area contributed by atoms with Gasteiger partial charge in [0, 0.05) is 21.3 Å². The first-order chi connectivity index (χ1) is 8.45. The number of hydrogen-bond acceptors (Lipinski definition) is 2. The van der Waals surface area contributed by atoms with Crippen molar-refractivity contribution in [3.05, 3.63) is 51.4 Å². The van der Waals surface area contributed by atoms with E-state index in [1.54, 1.807) is 6.07 Å². The Morgan fingerprint density at radius 1 is 1.06 bits per heavy atom. The normalized spacial score (nSPS) is 12.5. The lowest BCUT2D eigenvalue weighted by Gasteiger charge is -2.15. The molecule has 2 nitrogen and oxygen atoms in total. The highest BCUT2D eigenvalue weighted by Gasteiger charge is 2.12. The Hall–Kier alpha value is -1.12. The van der Waals surface area contributed by atoms with Crippen LogP contribution in [0.25, 0.3) is 0 Å². The van der Waals surface area contributed by atoms with Crippen molar-refractivity contribution in [1.82, 2.24) is 0 Å². The lowest BCUT2D eigenvalue weighted by atomic mass is 10.1. The molecule has 1 aromatic heterocycles. The van der Waals surface area contributed by atoms with Gasteiger partial charge in [-0.25, -0.2) is 0 Å². The number of furan rings is 1. The van der Waals surface area contributed by atoms with Gasteiger partial charge in [-0.1, -0.05) is 23.2 Å². The zero-order chi connectivity index (χ0) is 13.3. The third-order valence-corrected chi connectivity index (χ3v) is 3.23. The molecule has 0 aliphatic carbocycles. The van der Waals surface area contributed by atoms with E-state index in [-0.39, 0.29) is 6.04 Å². The number of hydrogen-bond donors (Lipinski definition) is 1. The average molecular weight is 284 g/mol. The maximum absolute atomic E-state index is 5.97. The molecular formula is C14H15Cl2NO. The van der Waals surface area contributed by atoms with Gasteiger partial charge in [-0.3, -0.25) is 0 Å². The van der Waals surface area contributed by atoms with Crippen molar-refractivity contribution >= 4 is 28.9 Å². The van der Waals surface area contributed by atoms with Crippen LogP contribution in [0, 0.1) is 13.8 Å². The third kappa shape index (κ3) is 3.01. The fourth-order valence-electron chi connectivity index (χ4n) is 2.05. The summed E-state index contributed by atoms with van der Waals surface area (Å²) in [5.41, 5.74) is 2.04. The molecule has 0 fully saturated rings. The summed E-state index contributed by atoms with van der Waals surface area (Å²) >= 11 is 11.9. The molecule has 0 spiro atoms. The second-order valence-electron chi connectivity index (χ2n) is 4.39. The van der Waals surface area contributed by atoms with Crippen molar-refractivity contribution in [2.45, 2.75) is 26.8 Å². The number of nitrogens with one attached hydrogen (secondary N) is 1. The average Bonchev–Trinajstić information content (AvgIpc) is 2.56. The molecule has 0 saturated carbocycles. The highest BCUT2D eigenvalue weighted by molar-refractivity contribution is 6.35. The molecule has 2 rings (SSSR count). The van der Waals surface area contributed by atoms with E-state index < -0.39 is 0 Å². The van der Waals surface area contributed by atoms with Gasteiger partial charge in [0.25, 0.3) is 0 Å². The van der Waals surface area contributed by atoms with Crippen LogP contribution in [0.1, 0.15) is 30.0 Å². The summed E-state index contributed by atoms with van der Waals surface area (Å²) in [5, 5.41) is 4.61. The fourth-order valence-corrected chi connectivity index (χ4v) is 2.57. The molecule has 0 bridgehead atoms. The number of benzene rings is 1. The number of halogens is 2. The molecule has 2 aromatic rings. The Kier molecular flexibility index (Phi) is 3.88. The zero-order valence-electron chi connectivity index (χ0n) is 10.6. The molecule has 0 aliphatic rings. The summed E-state index contributed by atoms with van der Waals surface area (Å²) in [7, 11) is 0. The van der Waals surface area contributed by atoms with E-state index >= 15 is 0 Å². The minimum Gasteiger partial charge on any atom is -0.466 e. The second kappa shape index (κ2) is 5.25. The van der Waals surface area contributed by atoms with Gasteiger partial charge < -0.3 is 9.73 Å². The van der Waals surface area contributed by atoms with E-state index in [1.165, 1.54) is 0 Å². The predicted molar refractivity (Wildman–Crippen MR) is 76.7 cm³/mol. The van der Waals surface area contributed by atoms with Crippen LogP contribution < -0.4 is 5.32 Å². The van der Waals surface area contributed by atoms with Crippen molar-refractivity contribution in [3.63, 3.8) is 0 Å². The third-order valence-electron chi connectivity index (χ3n) is 2.79. The molecule has 1 atom stereocenters. The number of rotatable bonds is 3. The number of anilines is 1. The first-order valence-electron chi connectivity index (χ1n) is 5.75. The van der Waals surface area contributed by atoms with Crippen molar-refractivity contribution in [1.29, 1.82) is 0 Å². The van der Waals surface area contributed by atoms with Crippen molar-refractivity contribution in [2.24, 2.45) is 0 Å². The Labute approximate surface area is 117 Å². The monoisotopic (exact) mass is 283 g/mol. The SMILES string of the molecule is Cc1cc(C(C)Nc2cc(Cl)cc(Cl)c2)c(C)o1. The maximum Gasteiger partial charge on any atom is 0.106 e. The van der Waals surface area contributed by atoms with Gasteiger partial charge in [-0.2, -0.15) is 0 Å². The van der Waals surface area contributed by atoms with E-state index in [0.717, 1.165) is 22.8 Å². The van der Waals surface area contributed by atoms with Crippen LogP contribution in [-0.4, -0.2) is 0 Å². The lowest BCUT2D eigenvalue weighted by Crippen LogP contribution is -2.06.